The van der Waals surface area contributed by atoms with E-state index in [4.69, 9.17) is 4.89 Å². The summed E-state index contributed by atoms with van der Waals surface area (Å²) >= 11 is 0. The quantitative estimate of drug-likeness (QED) is 0.497. The van der Waals surface area contributed by atoms with Crippen molar-refractivity contribution in [3.05, 3.63) is 11.9 Å². The summed E-state index contributed by atoms with van der Waals surface area (Å²) in [4.78, 5) is 8.38. The molecule has 0 heterocycles. The molecule has 0 aliphatic heterocycles. The lowest BCUT2D eigenvalue weighted by Gasteiger charge is -1.91. The third-order valence-electron chi connectivity index (χ3n) is 1.46. The van der Waals surface area contributed by atoms with Crippen LogP contribution in [0.25, 0.3) is 0 Å². The second-order valence-corrected chi connectivity index (χ2v) is 3.44. The van der Waals surface area contributed by atoms with Crippen LogP contribution in [0.1, 0.15) is 39.0 Å². The number of hydrogen-bond acceptors (Lipinski definition) is 1. The molecule has 64 valence electrons. The van der Waals surface area contributed by atoms with Gasteiger partial charge in [0.1, 0.15) is 0 Å². The fraction of sp³-hybridized carbons (Fsp3) is 0.750. The highest BCUT2D eigenvalue weighted by Gasteiger charge is 1.98. The zero-order chi connectivity index (χ0) is 8.53. The fourth-order valence-electron chi connectivity index (χ4n) is 0.854. The van der Waals surface area contributed by atoms with Gasteiger partial charge in [-0.15, -0.1) is 0 Å². The summed E-state index contributed by atoms with van der Waals surface area (Å²) in [6.07, 6.45) is 7.57. The lowest BCUT2D eigenvalue weighted by Crippen LogP contribution is -1.72. The van der Waals surface area contributed by atoms with E-state index in [-0.39, 0.29) is 0 Å². The zero-order valence-corrected chi connectivity index (χ0v) is 7.89. The minimum Gasteiger partial charge on any atom is -0.157 e. The predicted molar refractivity (Wildman–Crippen MR) is 47.7 cm³/mol. The maximum absolute atomic E-state index is 10.1. The molecule has 1 N–H and O–H groups in total. The van der Waals surface area contributed by atoms with Crippen molar-refractivity contribution >= 4 is 8.03 Å². The van der Waals surface area contributed by atoms with E-state index in [2.05, 4.69) is 6.92 Å². The molecule has 1 unspecified atom stereocenters. The fourth-order valence-corrected chi connectivity index (χ4v) is 1.18. The first-order valence-electron chi connectivity index (χ1n) is 4.09. The summed E-state index contributed by atoms with van der Waals surface area (Å²) in [6, 6.07) is 0. The summed E-state index contributed by atoms with van der Waals surface area (Å²) in [6.45, 7) is 2.17. The minimum atomic E-state index is -2.06. The van der Waals surface area contributed by atoms with Crippen molar-refractivity contribution in [2.24, 2.45) is 0 Å². The second-order valence-electron chi connectivity index (χ2n) is 2.54. The van der Waals surface area contributed by atoms with E-state index >= 15 is 0 Å². The Balaban J connectivity index is 3.07. The van der Waals surface area contributed by atoms with Gasteiger partial charge < -0.3 is 0 Å². The molecule has 0 aliphatic rings. The molecular formula is C8H16O2P+. The van der Waals surface area contributed by atoms with Gasteiger partial charge >= 0.3 is 8.03 Å². The van der Waals surface area contributed by atoms with Crippen LogP contribution in [-0.4, -0.2) is 4.89 Å². The molecule has 0 bridgehead atoms. The Morgan fingerprint density at radius 3 is 2.64 bits per heavy atom. The Morgan fingerprint density at radius 2 is 2.09 bits per heavy atom. The van der Waals surface area contributed by atoms with E-state index in [1.807, 2.05) is 0 Å². The third kappa shape index (κ3) is 9.80. The molecular weight excluding hydrogens is 159 g/mol. The van der Waals surface area contributed by atoms with E-state index in [9.17, 15) is 4.57 Å². The largest absolute Gasteiger partial charge is 0.537 e. The van der Waals surface area contributed by atoms with Crippen LogP contribution < -0.4 is 0 Å². The van der Waals surface area contributed by atoms with Crippen molar-refractivity contribution in [2.45, 2.75) is 39.0 Å². The Kier molecular flexibility index (Phi) is 7.76. The van der Waals surface area contributed by atoms with Crippen molar-refractivity contribution < 1.29 is 9.46 Å². The first-order chi connectivity index (χ1) is 5.27. The Bertz CT molecular complexity index is 132. The maximum Gasteiger partial charge on any atom is 0.537 e. The molecule has 0 radical (unpaired) electrons. The van der Waals surface area contributed by atoms with Gasteiger partial charge in [0.15, 0.2) is 5.82 Å². The van der Waals surface area contributed by atoms with E-state index in [0.29, 0.717) is 0 Å². The second kappa shape index (κ2) is 7.90. The van der Waals surface area contributed by atoms with Crippen molar-refractivity contribution in [1.82, 2.24) is 0 Å². The smallest absolute Gasteiger partial charge is 0.157 e. The summed E-state index contributed by atoms with van der Waals surface area (Å²) in [5.74, 6) is 1.36. The van der Waals surface area contributed by atoms with Crippen LogP contribution in [0.5, 0.6) is 0 Å². The lowest BCUT2D eigenvalue weighted by atomic mass is 10.2. The molecule has 0 aromatic carbocycles. The first-order valence-corrected chi connectivity index (χ1v) is 5.37. The standard InChI is InChI=1S/C8H15O2P/c1-2-3-4-5-6-7-8-11(9)10/h7-8H,2-6H2,1H3/p+1. The van der Waals surface area contributed by atoms with Gasteiger partial charge in [-0.25, -0.2) is 0 Å². The van der Waals surface area contributed by atoms with Gasteiger partial charge in [-0.3, -0.25) is 0 Å². The molecule has 0 aromatic heterocycles. The van der Waals surface area contributed by atoms with E-state index < -0.39 is 8.03 Å². The molecule has 11 heavy (non-hydrogen) atoms. The predicted octanol–water partition coefficient (Wildman–Crippen LogP) is 3.21. The average molecular weight is 175 g/mol. The van der Waals surface area contributed by atoms with Gasteiger partial charge in [-0.2, -0.15) is 4.89 Å². The molecule has 0 spiro atoms. The van der Waals surface area contributed by atoms with Crippen LogP contribution in [-0.2, 0) is 4.57 Å². The summed E-state index contributed by atoms with van der Waals surface area (Å²) < 4.78 is 10.1. The van der Waals surface area contributed by atoms with E-state index in [1.165, 1.54) is 25.1 Å². The average Bonchev–Trinajstić information content (AvgIpc) is 1.96. The highest BCUT2D eigenvalue weighted by Crippen LogP contribution is 2.15. The molecule has 0 aliphatic carbocycles. The van der Waals surface area contributed by atoms with Gasteiger partial charge in [-0.05, 0) is 23.5 Å². The van der Waals surface area contributed by atoms with Crippen LogP contribution >= 0.6 is 8.03 Å². The number of allylic oxidation sites excluding steroid dienone is 1. The monoisotopic (exact) mass is 175 g/mol. The molecule has 0 fully saturated rings. The van der Waals surface area contributed by atoms with Crippen LogP contribution in [0.4, 0.5) is 0 Å². The van der Waals surface area contributed by atoms with Crippen LogP contribution in [0, 0.1) is 0 Å². The molecule has 0 amide bonds. The molecule has 1 atom stereocenters. The summed E-state index contributed by atoms with van der Waals surface area (Å²) in [7, 11) is -2.06. The normalized spacial score (nSPS) is 12.4. The number of unbranched alkanes of at least 4 members (excludes halogenated alkanes) is 4. The van der Waals surface area contributed by atoms with E-state index in [1.54, 1.807) is 6.08 Å². The zero-order valence-electron chi connectivity index (χ0n) is 6.99. The molecule has 0 aromatic rings. The van der Waals surface area contributed by atoms with Gasteiger partial charge in [0, 0.05) is 0 Å². The highest BCUT2D eigenvalue weighted by molar-refractivity contribution is 7.41. The highest BCUT2D eigenvalue weighted by atomic mass is 31.1. The van der Waals surface area contributed by atoms with Crippen molar-refractivity contribution in [2.75, 3.05) is 0 Å². The summed E-state index contributed by atoms with van der Waals surface area (Å²) in [5, 5.41) is 0. The van der Waals surface area contributed by atoms with Gasteiger partial charge in [0.25, 0.3) is 0 Å². The van der Waals surface area contributed by atoms with Crippen LogP contribution in [0.3, 0.4) is 0 Å². The topological polar surface area (TPSA) is 37.3 Å². The van der Waals surface area contributed by atoms with Crippen molar-refractivity contribution in [3.63, 3.8) is 0 Å². The van der Waals surface area contributed by atoms with Crippen molar-refractivity contribution in [1.29, 1.82) is 0 Å². The Labute approximate surface area is 69.2 Å². The third-order valence-corrected chi connectivity index (χ3v) is 1.92. The SMILES string of the molecule is CCCCCCC=C[P+](=O)O. The molecule has 2 nitrogen and oxygen atoms in total. The lowest BCUT2D eigenvalue weighted by molar-refractivity contribution is 0.512. The van der Waals surface area contributed by atoms with Gasteiger partial charge in [0.2, 0.25) is 0 Å². The van der Waals surface area contributed by atoms with Crippen molar-refractivity contribution in [3.8, 4) is 0 Å². The van der Waals surface area contributed by atoms with E-state index in [0.717, 1.165) is 12.8 Å². The van der Waals surface area contributed by atoms with Gasteiger partial charge in [-0.1, -0.05) is 26.2 Å². The molecule has 0 saturated heterocycles. The van der Waals surface area contributed by atoms with Gasteiger partial charge in [0.05, 0.1) is 0 Å². The molecule has 0 rings (SSSR count). The molecule has 0 saturated carbocycles. The summed E-state index contributed by atoms with van der Waals surface area (Å²) in [5.41, 5.74) is 0. The van der Waals surface area contributed by atoms with Crippen LogP contribution in [0.15, 0.2) is 11.9 Å². The molecule has 3 heteroatoms. The Hall–Kier alpha value is -0.200. The first kappa shape index (κ1) is 10.8. The number of hydrogen-bond donors (Lipinski definition) is 1. The minimum absolute atomic E-state index is 0.932. The van der Waals surface area contributed by atoms with Crippen LogP contribution in [0.2, 0.25) is 0 Å². The Morgan fingerprint density at radius 1 is 1.36 bits per heavy atom. The maximum atomic E-state index is 10.1. The number of rotatable bonds is 6.